The van der Waals surface area contributed by atoms with Gasteiger partial charge in [0.15, 0.2) is 0 Å². The summed E-state index contributed by atoms with van der Waals surface area (Å²) in [7, 11) is 0. The Morgan fingerprint density at radius 2 is 1.89 bits per heavy atom. The van der Waals surface area contributed by atoms with Crippen LogP contribution in [-0.2, 0) is 14.3 Å². The third-order valence-electron chi connectivity index (χ3n) is 2.01. The van der Waals surface area contributed by atoms with E-state index in [-0.39, 0.29) is 25.6 Å². The van der Waals surface area contributed by atoms with Crippen LogP contribution in [-0.4, -0.2) is 49.0 Å². The maximum atomic E-state index is 11.1. The molecule has 0 bridgehead atoms. The zero-order chi connectivity index (χ0) is 14.1. The Balaban J connectivity index is 3.98. The van der Waals surface area contributed by atoms with Gasteiger partial charge in [0.2, 0.25) is 5.91 Å². The van der Waals surface area contributed by atoms with Gasteiger partial charge in [-0.05, 0) is 6.92 Å². The maximum absolute atomic E-state index is 11.1. The summed E-state index contributed by atoms with van der Waals surface area (Å²) in [5, 5.41) is 2.54. The molecule has 0 saturated heterocycles. The number of rotatable bonds is 7. The van der Waals surface area contributed by atoms with Crippen LogP contribution < -0.4 is 11.1 Å². The van der Waals surface area contributed by atoms with Gasteiger partial charge < -0.3 is 20.7 Å². The molecule has 0 aliphatic carbocycles. The molecule has 0 unspecified atom stereocenters. The molecule has 18 heavy (non-hydrogen) atoms. The molecule has 0 aromatic carbocycles. The molecule has 0 heterocycles. The average molecular weight is 257 g/mol. The van der Waals surface area contributed by atoms with Crippen molar-refractivity contribution in [1.29, 1.82) is 0 Å². The predicted molar refractivity (Wildman–Crippen MR) is 65.6 cm³/mol. The largest absolute Gasteiger partial charge is 0.460 e. The van der Waals surface area contributed by atoms with Crippen molar-refractivity contribution < 1.29 is 19.1 Å². The van der Waals surface area contributed by atoms with E-state index in [0.29, 0.717) is 12.1 Å². The van der Waals surface area contributed by atoms with E-state index in [1.54, 1.807) is 0 Å². The van der Waals surface area contributed by atoms with Crippen LogP contribution in [0.5, 0.6) is 0 Å². The lowest BCUT2D eigenvalue weighted by molar-refractivity contribution is -0.139. The highest BCUT2D eigenvalue weighted by Crippen LogP contribution is 1.93. The number of primary amides is 1. The van der Waals surface area contributed by atoms with E-state index in [9.17, 15) is 14.4 Å². The molecule has 0 saturated carbocycles. The number of carbonyl (C=O) groups excluding carboxylic acids is 3. The van der Waals surface area contributed by atoms with Crippen molar-refractivity contribution in [3.8, 4) is 0 Å². The number of ether oxygens (including phenoxy) is 1. The van der Waals surface area contributed by atoms with Crippen molar-refractivity contribution in [3.05, 3.63) is 12.2 Å². The van der Waals surface area contributed by atoms with Crippen LogP contribution >= 0.6 is 0 Å². The van der Waals surface area contributed by atoms with E-state index in [1.807, 2.05) is 0 Å². The third-order valence-corrected chi connectivity index (χ3v) is 2.01. The molecular weight excluding hydrogens is 238 g/mol. The standard InChI is InChI=1S/C11H19N3O4/c1-8(2)10(16)18-7-6-14(11(12)17)5-4-13-9(3)15/h1,4-7H2,2-3H3,(H2,12,17)(H,13,15). The quantitative estimate of drug-likeness (QED) is 0.479. The van der Waals surface area contributed by atoms with Gasteiger partial charge in [0.25, 0.3) is 0 Å². The lowest BCUT2D eigenvalue weighted by Gasteiger charge is -2.20. The first kappa shape index (κ1) is 16.0. The highest BCUT2D eigenvalue weighted by Gasteiger charge is 2.10. The molecule has 7 nitrogen and oxygen atoms in total. The third kappa shape index (κ3) is 7.26. The Hall–Kier alpha value is -2.05. The van der Waals surface area contributed by atoms with Gasteiger partial charge in [0.05, 0.1) is 6.54 Å². The first-order valence-electron chi connectivity index (χ1n) is 5.46. The first-order valence-corrected chi connectivity index (χ1v) is 5.46. The molecule has 7 heteroatoms. The van der Waals surface area contributed by atoms with Crippen molar-refractivity contribution in [2.24, 2.45) is 5.73 Å². The molecule has 0 aromatic heterocycles. The van der Waals surface area contributed by atoms with Gasteiger partial charge in [-0.1, -0.05) is 6.58 Å². The Kier molecular flexibility index (Phi) is 7.18. The molecule has 0 aliphatic heterocycles. The van der Waals surface area contributed by atoms with Crippen molar-refractivity contribution in [3.63, 3.8) is 0 Å². The van der Waals surface area contributed by atoms with Gasteiger partial charge >= 0.3 is 12.0 Å². The van der Waals surface area contributed by atoms with Crippen molar-refractivity contribution in [2.45, 2.75) is 13.8 Å². The van der Waals surface area contributed by atoms with Gasteiger partial charge in [0, 0.05) is 25.6 Å². The fraction of sp³-hybridized carbons (Fsp3) is 0.545. The molecule has 3 amide bonds. The summed E-state index contributed by atoms with van der Waals surface area (Å²) in [6.07, 6.45) is 0. The summed E-state index contributed by atoms with van der Waals surface area (Å²) in [4.78, 5) is 34.1. The molecule has 0 rings (SSSR count). The predicted octanol–water partition coefficient (Wildman–Crippen LogP) is -0.377. The zero-order valence-corrected chi connectivity index (χ0v) is 10.7. The van der Waals surface area contributed by atoms with Crippen LogP contribution in [0, 0.1) is 0 Å². The number of urea groups is 1. The Morgan fingerprint density at radius 1 is 1.28 bits per heavy atom. The molecule has 0 radical (unpaired) electrons. The summed E-state index contributed by atoms with van der Waals surface area (Å²) in [5.41, 5.74) is 5.44. The minimum Gasteiger partial charge on any atom is -0.460 e. The fourth-order valence-corrected chi connectivity index (χ4v) is 1.07. The Labute approximate surface area is 106 Å². The van der Waals surface area contributed by atoms with Crippen molar-refractivity contribution in [1.82, 2.24) is 10.2 Å². The van der Waals surface area contributed by atoms with E-state index in [0.717, 1.165) is 0 Å². The van der Waals surface area contributed by atoms with Gasteiger partial charge in [-0.15, -0.1) is 0 Å². The molecule has 0 aliphatic rings. The lowest BCUT2D eigenvalue weighted by atomic mass is 10.4. The van der Waals surface area contributed by atoms with Gasteiger partial charge in [0.1, 0.15) is 6.61 Å². The number of nitrogens with two attached hydrogens (primary N) is 1. The highest BCUT2D eigenvalue weighted by atomic mass is 16.5. The molecule has 0 fully saturated rings. The molecule has 0 aromatic rings. The topological polar surface area (TPSA) is 102 Å². The monoisotopic (exact) mass is 257 g/mol. The minimum atomic E-state index is -0.633. The van der Waals surface area contributed by atoms with Gasteiger partial charge in [-0.2, -0.15) is 0 Å². The minimum absolute atomic E-state index is 0.0364. The number of amides is 3. The summed E-state index contributed by atoms with van der Waals surface area (Å²) >= 11 is 0. The van der Waals surface area contributed by atoms with E-state index < -0.39 is 12.0 Å². The SMILES string of the molecule is C=C(C)C(=O)OCCN(CCNC(C)=O)C(N)=O. The van der Waals surface area contributed by atoms with Gasteiger partial charge in [-0.3, -0.25) is 4.79 Å². The number of carbonyl (C=O) groups is 3. The second-order valence-electron chi connectivity index (χ2n) is 3.72. The smallest absolute Gasteiger partial charge is 0.333 e. The number of nitrogens with one attached hydrogen (secondary N) is 1. The second kappa shape index (κ2) is 8.10. The maximum Gasteiger partial charge on any atom is 0.333 e. The number of hydrogen-bond donors (Lipinski definition) is 2. The average Bonchev–Trinajstić information content (AvgIpc) is 2.25. The van der Waals surface area contributed by atoms with E-state index >= 15 is 0 Å². The summed E-state index contributed by atoms with van der Waals surface area (Å²) in [6, 6.07) is -0.633. The van der Waals surface area contributed by atoms with Crippen molar-refractivity contribution >= 4 is 17.9 Å². The van der Waals surface area contributed by atoms with Crippen LogP contribution in [0.4, 0.5) is 4.79 Å². The molecule has 102 valence electrons. The molecule has 3 N–H and O–H groups in total. The Bertz CT molecular complexity index is 341. The van der Waals surface area contributed by atoms with E-state index in [1.165, 1.54) is 18.7 Å². The summed E-state index contributed by atoms with van der Waals surface area (Å²) in [5.74, 6) is -0.700. The molecular formula is C11H19N3O4. The second-order valence-corrected chi connectivity index (χ2v) is 3.72. The summed E-state index contributed by atoms with van der Waals surface area (Å²) < 4.78 is 4.84. The fourth-order valence-electron chi connectivity index (χ4n) is 1.07. The van der Waals surface area contributed by atoms with Crippen LogP contribution in [0.15, 0.2) is 12.2 Å². The van der Waals surface area contributed by atoms with Crippen LogP contribution in [0.25, 0.3) is 0 Å². The van der Waals surface area contributed by atoms with Crippen molar-refractivity contribution in [2.75, 3.05) is 26.2 Å². The van der Waals surface area contributed by atoms with Crippen LogP contribution in [0.1, 0.15) is 13.8 Å². The molecule has 0 atom stereocenters. The first-order chi connectivity index (χ1) is 8.34. The normalized spacial score (nSPS) is 9.44. The van der Waals surface area contributed by atoms with Crippen LogP contribution in [0.2, 0.25) is 0 Å². The highest BCUT2D eigenvalue weighted by molar-refractivity contribution is 5.86. The van der Waals surface area contributed by atoms with E-state index in [4.69, 9.17) is 10.5 Å². The lowest BCUT2D eigenvalue weighted by Crippen LogP contribution is -2.42. The van der Waals surface area contributed by atoms with Gasteiger partial charge in [-0.25, -0.2) is 9.59 Å². The molecule has 0 spiro atoms. The zero-order valence-electron chi connectivity index (χ0n) is 10.7. The summed E-state index contributed by atoms with van der Waals surface area (Å²) in [6.45, 7) is 7.11. The number of esters is 1. The number of hydrogen-bond acceptors (Lipinski definition) is 4. The Morgan fingerprint density at radius 3 is 2.33 bits per heavy atom. The number of nitrogens with zero attached hydrogens (tertiary/aromatic N) is 1. The van der Waals surface area contributed by atoms with E-state index in [2.05, 4.69) is 11.9 Å². The van der Waals surface area contributed by atoms with Crippen LogP contribution in [0.3, 0.4) is 0 Å².